The fraction of sp³-hybridized carbons (Fsp3) is 0.520. The standard InChI is InChI=1S/C25H33FO2/c26-23-12-7-11-22(18-23)25(27)13-6-2-3-8-20-14-16-24(17-15-20)28-19-21-9-4-1-5-10-21/h1,4-5,7,9-12,18,20,24-25,27H,2-3,6,8,13-17,19H2. The van der Waals surface area contributed by atoms with Gasteiger partial charge in [0.15, 0.2) is 0 Å². The van der Waals surface area contributed by atoms with Crippen molar-refractivity contribution in [3.63, 3.8) is 0 Å². The van der Waals surface area contributed by atoms with Gasteiger partial charge in [-0.1, -0.05) is 68.1 Å². The molecule has 0 amide bonds. The van der Waals surface area contributed by atoms with E-state index in [2.05, 4.69) is 24.3 Å². The summed E-state index contributed by atoms with van der Waals surface area (Å²) in [5.41, 5.74) is 1.94. The SMILES string of the molecule is OC(CCCCCC1CCC(OCc2ccccc2)CC1)c1cccc(F)c1. The number of hydrogen-bond acceptors (Lipinski definition) is 2. The zero-order valence-electron chi connectivity index (χ0n) is 16.7. The highest BCUT2D eigenvalue weighted by atomic mass is 19.1. The molecule has 1 saturated carbocycles. The third-order valence-corrected chi connectivity index (χ3v) is 5.95. The topological polar surface area (TPSA) is 29.5 Å². The zero-order valence-corrected chi connectivity index (χ0v) is 16.7. The van der Waals surface area contributed by atoms with E-state index in [9.17, 15) is 9.50 Å². The Balaban J connectivity index is 1.24. The van der Waals surface area contributed by atoms with Crippen molar-refractivity contribution in [3.05, 3.63) is 71.5 Å². The summed E-state index contributed by atoms with van der Waals surface area (Å²) in [4.78, 5) is 0. The normalized spacial score (nSPS) is 20.8. The fourth-order valence-electron chi connectivity index (χ4n) is 4.20. The van der Waals surface area contributed by atoms with Crippen LogP contribution < -0.4 is 0 Å². The van der Waals surface area contributed by atoms with Crippen LogP contribution in [0.5, 0.6) is 0 Å². The van der Waals surface area contributed by atoms with Crippen molar-refractivity contribution in [1.82, 2.24) is 0 Å². The molecule has 0 bridgehead atoms. The molecule has 1 aliphatic rings. The van der Waals surface area contributed by atoms with Gasteiger partial charge in [0.2, 0.25) is 0 Å². The number of halogens is 1. The van der Waals surface area contributed by atoms with Gasteiger partial charge in [-0.25, -0.2) is 4.39 Å². The molecule has 1 fully saturated rings. The third-order valence-electron chi connectivity index (χ3n) is 5.95. The average molecular weight is 385 g/mol. The van der Waals surface area contributed by atoms with Crippen LogP contribution in [0.15, 0.2) is 54.6 Å². The first-order valence-corrected chi connectivity index (χ1v) is 10.8. The van der Waals surface area contributed by atoms with Crippen LogP contribution in [0.3, 0.4) is 0 Å². The van der Waals surface area contributed by atoms with Gasteiger partial charge in [0.25, 0.3) is 0 Å². The lowest BCUT2D eigenvalue weighted by Gasteiger charge is -2.28. The molecule has 0 saturated heterocycles. The molecule has 1 aliphatic carbocycles. The molecule has 152 valence electrons. The predicted octanol–water partition coefficient (Wildman–Crippen LogP) is 6.59. The Morgan fingerprint density at radius 3 is 2.46 bits per heavy atom. The van der Waals surface area contributed by atoms with Crippen LogP contribution in [0, 0.1) is 11.7 Å². The van der Waals surface area contributed by atoms with Crippen LogP contribution in [-0.2, 0) is 11.3 Å². The molecule has 2 aromatic rings. The minimum absolute atomic E-state index is 0.278. The maximum Gasteiger partial charge on any atom is 0.123 e. The number of rotatable bonds is 10. The highest BCUT2D eigenvalue weighted by Gasteiger charge is 2.21. The second-order valence-electron chi connectivity index (χ2n) is 8.15. The molecule has 1 N–H and O–H groups in total. The molecule has 3 heteroatoms. The van der Waals surface area contributed by atoms with Crippen molar-refractivity contribution in [1.29, 1.82) is 0 Å². The summed E-state index contributed by atoms with van der Waals surface area (Å²) in [6.07, 6.45) is 10.1. The predicted molar refractivity (Wildman–Crippen MR) is 111 cm³/mol. The molecule has 0 heterocycles. The summed E-state index contributed by atoms with van der Waals surface area (Å²) in [5.74, 6) is 0.546. The van der Waals surface area contributed by atoms with Gasteiger partial charge in [-0.05, 0) is 61.3 Å². The first-order valence-electron chi connectivity index (χ1n) is 10.8. The quantitative estimate of drug-likeness (QED) is 0.469. The van der Waals surface area contributed by atoms with Crippen molar-refractivity contribution in [2.24, 2.45) is 5.92 Å². The third kappa shape index (κ3) is 7.03. The minimum atomic E-state index is -0.548. The Kier molecular flexibility index (Phi) is 8.50. The van der Waals surface area contributed by atoms with Crippen molar-refractivity contribution in [3.8, 4) is 0 Å². The second kappa shape index (κ2) is 11.3. The summed E-state index contributed by atoms with van der Waals surface area (Å²) in [7, 11) is 0. The van der Waals surface area contributed by atoms with Crippen LogP contribution >= 0.6 is 0 Å². The van der Waals surface area contributed by atoms with E-state index in [0.717, 1.165) is 25.4 Å². The summed E-state index contributed by atoms with van der Waals surface area (Å²) in [5, 5.41) is 10.2. The molecule has 0 aliphatic heterocycles. The van der Waals surface area contributed by atoms with Gasteiger partial charge in [0, 0.05) is 0 Å². The first kappa shape index (κ1) is 21.0. The van der Waals surface area contributed by atoms with Crippen molar-refractivity contribution in [2.45, 2.75) is 76.6 Å². The zero-order chi connectivity index (χ0) is 19.6. The lowest BCUT2D eigenvalue weighted by molar-refractivity contribution is 0.00612. The number of benzene rings is 2. The largest absolute Gasteiger partial charge is 0.388 e. The number of aliphatic hydroxyl groups is 1. The van der Waals surface area contributed by atoms with Gasteiger partial charge in [-0.15, -0.1) is 0 Å². The average Bonchev–Trinajstić information content (AvgIpc) is 2.73. The lowest BCUT2D eigenvalue weighted by Crippen LogP contribution is -2.21. The Labute approximate surface area is 168 Å². The van der Waals surface area contributed by atoms with Gasteiger partial charge in [-0.2, -0.15) is 0 Å². The second-order valence-corrected chi connectivity index (χ2v) is 8.15. The molecule has 0 spiro atoms. The van der Waals surface area contributed by atoms with E-state index in [-0.39, 0.29) is 5.82 Å². The van der Waals surface area contributed by atoms with E-state index < -0.39 is 6.10 Å². The van der Waals surface area contributed by atoms with Crippen LogP contribution in [0.4, 0.5) is 4.39 Å². The molecule has 1 unspecified atom stereocenters. The molecule has 2 aromatic carbocycles. The van der Waals surface area contributed by atoms with E-state index in [1.165, 1.54) is 56.2 Å². The van der Waals surface area contributed by atoms with Gasteiger partial charge in [0.05, 0.1) is 18.8 Å². The number of unbranched alkanes of at least 4 members (excludes halogenated alkanes) is 2. The monoisotopic (exact) mass is 384 g/mol. The smallest absolute Gasteiger partial charge is 0.123 e. The fourth-order valence-corrected chi connectivity index (χ4v) is 4.20. The summed E-state index contributed by atoms with van der Waals surface area (Å²) in [6.45, 7) is 0.726. The Morgan fingerprint density at radius 1 is 0.929 bits per heavy atom. The van der Waals surface area contributed by atoms with Gasteiger partial charge < -0.3 is 9.84 Å². The van der Waals surface area contributed by atoms with E-state index in [4.69, 9.17) is 4.74 Å². The van der Waals surface area contributed by atoms with Gasteiger partial charge in [0.1, 0.15) is 5.82 Å². The summed E-state index contributed by atoms with van der Waals surface area (Å²) < 4.78 is 19.3. The Morgan fingerprint density at radius 2 is 1.71 bits per heavy atom. The maximum absolute atomic E-state index is 13.2. The number of hydrogen-bond donors (Lipinski definition) is 1. The van der Waals surface area contributed by atoms with Crippen LogP contribution in [0.2, 0.25) is 0 Å². The lowest BCUT2D eigenvalue weighted by atomic mass is 9.84. The highest BCUT2D eigenvalue weighted by Crippen LogP contribution is 2.31. The van der Waals surface area contributed by atoms with Gasteiger partial charge >= 0.3 is 0 Å². The van der Waals surface area contributed by atoms with E-state index in [1.54, 1.807) is 12.1 Å². The van der Waals surface area contributed by atoms with Crippen LogP contribution in [0.1, 0.15) is 75.0 Å². The van der Waals surface area contributed by atoms with Crippen LogP contribution in [0.25, 0.3) is 0 Å². The molecule has 2 nitrogen and oxygen atoms in total. The first-order chi connectivity index (χ1) is 13.7. The van der Waals surface area contributed by atoms with Crippen LogP contribution in [-0.4, -0.2) is 11.2 Å². The summed E-state index contributed by atoms with van der Waals surface area (Å²) >= 11 is 0. The molecule has 28 heavy (non-hydrogen) atoms. The summed E-state index contributed by atoms with van der Waals surface area (Å²) in [6, 6.07) is 16.7. The minimum Gasteiger partial charge on any atom is -0.388 e. The van der Waals surface area contributed by atoms with E-state index in [1.807, 2.05) is 6.07 Å². The molecule has 3 rings (SSSR count). The Hall–Kier alpha value is -1.71. The molecule has 1 atom stereocenters. The van der Waals surface area contributed by atoms with E-state index in [0.29, 0.717) is 18.1 Å². The molecule has 0 radical (unpaired) electrons. The van der Waals surface area contributed by atoms with E-state index >= 15 is 0 Å². The number of aliphatic hydroxyl groups excluding tert-OH is 1. The number of ether oxygens (including phenoxy) is 1. The van der Waals surface area contributed by atoms with Crippen molar-refractivity contribution in [2.75, 3.05) is 0 Å². The molecular formula is C25H33FO2. The maximum atomic E-state index is 13.2. The van der Waals surface area contributed by atoms with Gasteiger partial charge in [-0.3, -0.25) is 0 Å². The Bertz CT molecular complexity index is 680. The highest BCUT2D eigenvalue weighted by molar-refractivity contribution is 5.18. The molecular weight excluding hydrogens is 351 g/mol. The van der Waals surface area contributed by atoms with Crippen molar-refractivity contribution >= 4 is 0 Å². The molecule has 0 aromatic heterocycles. The van der Waals surface area contributed by atoms with Crippen molar-refractivity contribution < 1.29 is 14.2 Å².